The number of ether oxygens (including phenoxy) is 1. The third-order valence-electron chi connectivity index (χ3n) is 5.17. The predicted molar refractivity (Wildman–Crippen MR) is 119 cm³/mol. The van der Waals surface area contributed by atoms with Gasteiger partial charge in [-0.05, 0) is 54.5 Å². The molecule has 1 N–H and O–H groups in total. The molecule has 0 saturated carbocycles. The van der Waals surface area contributed by atoms with Crippen molar-refractivity contribution in [2.24, 2.45) is 5.92 Å². The second-order valence-corrected chi connectivity index (χ2v) is 8.06. The van der Waals surface area contributed by atoms with Crippen molar-refractivity contribution in [3.8, 4) is 11.4 Å². The van der Waals surface area contributed by atoms with Crippen molar-refractivity contribution in [3.05, 3.63) is 78.4 Å². The molecule has 1 aromatic carbocycles. The van der Waals surface area contributed by atoms with Crippen LogP contribution in [-0.4, -0.2) is 33.2 Å². The third kappa shape index (κ3) is 3.85. The lowest BCUT2D eigenvalue weighted by Gasteiger charge is -2.30. The Morgan fingerprint density at radius 2 is 2.00 bits per heavy atom. The summed E-state index contributed by atoms with van der Waals surface area (Å²) < 4.78 is 7.65. The number of hydrogen-bond donors (Lipinski definition) is 1. The highest BCUT2D eigenvalue weighted by molar-refractivity contribution is 7.80. The number of rotatable bonds is 6. The first-order valence-corrected chi connectivity index (χ1v) is 10.3. The molecule has 1 aliphatic heterocycles. The zero-order valence-corrected chi connectivity index (χ0v) is 17.8. The lowest BCUT2D eigenvalue weighted by Crippen LogP contribution is -2.33. The zero-order valence-electron chi connectivity index (χ0n) is 16.9. The molecule has 2 aromatic heterocycles. The average Bonchev–Trinajstić information content (AvgIpc) is 3.33. The summed E-state index contributed by atoms with van der Waals surface area (Å²) in [5.41, 5.74) is 3.22. The molecule has 6 heteroatoms. The van der Waals surface area contributed by atoms with E-state index in [0.29, 0.717) is 5.92 Å². The van der Waals surface area contributed by atoms with Crippen LogP contribution in [0.1, 0.15) is 37.3 Å². The third-order valence-corrected chi connectivity index (χ3v) is 5.53. The number of hydrogen-bond acceptors (Lipinski definition) is 3. The smallest absolute Gasteiger partial charge is 0.170 e. The van der Waals surface area contributed by atoms with Crippen molar-refractivity contribution in [2.75, 3.05) is 13.7 Å². The molecule has 0 bridgehead atoms. The fourth-order valence-electron chi connectivity index (χ4n) is 3.95. The van der Waals surface area contributed by atoms with Gasteiger partial charge in [-0.15, -0.1) is 0 Å². The molecular weight excluding hydrogens is 380 g/mol. The minimum absolute atomic E-state index is 0.0123. The Bertz CT molecular complexity index is 985. The summed E-state index contributed by atoms with van der Waals surface area (Å²) in [7, 11) is 1.69. The Morgan fingerprint density at radius 1 is 1.14 bits per heavy atom. The lowest BCUT2D eigenvalue weighted by molar-refractivity contribution is 0.280. The van der Waals surface area contributed by atoms with Gasteiger partial charge < -0.3 is 19.5 Å². The van der Waals surface area contributed by atoms with Crippen LogP contribution >= 0.6 is 12.2 Å². The van der Waals surface area contributed by atoms with Gasteiger partial charge in [0.05, 0.1) is 24.9 Å². The molecule has 0 amide bonds. The van der Waals surface area contributed by atoms with Crippen LogP contribution in [0.15, 0.2) is 67.0 Å². The second kappa shape index (κ2) is 8.25. The topological polar surface area (TPSA) is 42.3 Å². The van der Waals surface area contributed by atoms with Gasteiger partial charge in [-0.3, -0.25) is 4.98 Å². The van der Waals surface area contributed by atoms with Gasteiger partial charge in [0.2, 0.25) is 0 Å². The first kappa shape index (κ1) is 19.5. The van der Waals surface area contributed by atoms with Crippen LogP contribution in [0.25, 0.3) is 5.69 Å². The molecule has 0 unspecified atom stereocenters. The predicted octanol–water partition coefficient (Wildman–Crippen LogP) is 4.51. The normalized spacial score (nSPS) is 18.9. The molecule has 0 aliphatic carbocycles. The minimum Gasteiger partial charge on any atom is -0.497 e. The SMILES string of the molecule is COc1cccc(-n2cccc2[C@@H]2[C@H](c3ccccn3)NC(=S)N2CC(C)C)c1. The summed E-state index contributed by atoms with van der Waals surface area (Å²) in [5, 5.41) is 4.30. The fraction of sp³-hybridized carbons (Fsp3) is 0.304. The maximum absolute atomic E-state index is 5.74. The molecule has 4 rings (SSSR count). The van der Waals surface area contributed by atoms with Gasteiger partial charge in [-0.1, -0.05) is 26.0 Å². The number of thiocarbonyl (C=S) groups is 1. The van der Waals surface area contributed by atoms with E-state index < -0.39 is 0 Å². The van der Waals surface area contributed by atoms with Gasteiger partial charge in [0.15, 0.2) is 5.11 Å². The first-order chi connectivity index (χ1) is 14.1. The molecule has 29 heavy (non-hydrogen) atoms. The lowest BCUT2D eigenvalue weighted by atomic mass is 10.0. The van der Waals surface area contributed by atoms with E-state index in [-0.39, 0.29) is 12.1 Å². The van der Waals surface area contributed by atoms with Gasteiger partial charge >= 0.3 is 0 Å². The maximum Gasteiger partial charge on any atom is 0.170 e. The highest BCUT2D eigenvalue weighted by atomic mass is 32.1. The van der Waals surface area contributed by atoms with Crippen molar-refractivity contribution in [3.63, 3.8) is 0 Å². The average molecular weight is 407 g/mol. The van der Waals surface area contributed by atoms with Gasteiger partial charge in [-0.2, -0.15) is 0 Å². The van der Waals surface area contributed by atoms with Crippen molar-refractivity contribution in [1.29, 1.82) is 0 Å². The molecule has 1 aliphatic rings. The highest BCUT2D eigenvalue weighted by Gasteiger charge is 2.41. The Morgan fingerprint density at radius 3 is 2.72 bits per heavy atom. The van der Waals surface area contributed by atoms with Gasteiger partial charge in [0.25, 0.3) is 0 Å². The maximum atomic E-state index is 5.74. The van der Waals surface area contributed by atoms with E-state index in [4.69, 9.17) is 17.0 Å². The number of nitrogens with zero attached hydrogens (tertiary/aromatic N) is 3. The van der Waals surface area contributed by atoms with Crippen molar-refractivity contribution in [1.82, 2.24) is 19.8 Å². The van der Waals surface area contributed by atoms with Gasteiger partial charge in [-0.25, -0.2) is 0 Å². The minimum atomic E-state index is -0.0123. The Hall–Kier alpha value is -2.86. The number of pyridine rings is 1. The molecule has 3 aromatic rings. The fourth-order valence-corrected chi connectivity index (χ4v) is 4.26. The largest absolute Gasteiger partial charge is 0.497 e. The van der Waals surface area contributed by atoms with E-state index in [1.54, 1.807) is 7.11 Å². The van der Waals surface area contributed by atoms with E-state index in [0.717, 1.165) is 28.8 Å². The summed E-state index contributed by atoms with van der Waals surface area (Å²) in [6.45, 7) is 5.31. The number of methoxy groups -OCH3 is 1. The molecule has 0 spiro atoms. The standard InChI is InChI=1S/C23H26N4OS/c1-16(2)15-27-22(21(25-23(27)29)19-10-4-5-12-24-19)20-11-7-13-26(20)17-8-6-9-18(14-17)28-3/h4-14,16,21-22H,15H2,1-3H3,(H,25,29)/t21-,22+/m0/s1. The molecule has 150 valence electrons. The molecular formula is C23H26N4OS. The van der Waals surface area contributed by atoms with Crippen LogP contribution in [0.5, 0.6) is 5.75 Å². The molecule has 1 saturated heterocycles. The summed E-state index contributed by atoms with van der Waals surface area (Å²) in [6.07, 6.45) is 3.93. The van der Waals surface area contributed by atoms with Crippen LogP contribution in [0.3, 0.4) is 0 Å². The highest BCUT2D eigenvalue weighted by Crippen LogP contribution is 2.40. The van der Waals surface area contributed by atoms with E-state index in [1.807, 2.05) is 36.5 Å². The van der Waals surface area contributed by atoms with E-state index in [2.05, 4.69) is 64.1 Å². The second-order valence-electron chi connectivity index (χ2n) is 7.68. The van der Waals surface area contributed by atoms with Crippen LogP contribution in [0.2, 0.25) is 0 Å². The van der Waals surface area contributed by atoms with Crippen LogP contribution in [0.4, 0.5) is 0 Å². The zero-order chi connectivity index (χ0) is 20.4. The van der Waals surface area contributed by atoms with Crippen molar-refractivity contribution in [2.45, 2.75) is 25.9 Å². The van der Waals surface area contributed by atoms with Crippen LogP contribution in [0, 0.1) is 5.92 Å². The summed E-state index contributed by atoms with van der Waals surface area (Å²) in [5.74, 6) is 1.32. The summed E-state index contributed by atoms with van der Waals surface area (Å²) >= 11 is 5.74. The van der Waals surface area contributed by atoms with Crippen LogP contribution < -0.4 is 10.1 Å². The Balaban J connectivity index is 1.81. The van der Waals surface area contributed by atoms with E-state index in [1.165, 1.54) is 5.69 Å². The van der Waals surface area contributed by atoms with Gasteiger partial charge in [0.1, 0.15) is 5.75 Å². The molecule has 1 fully saturated rings. The molecule has 2 atom stereocenters. The summed E-state index contributed by atoms with van der Waals surface area (Å²) in [4.78, 5) is 6.92. The van der Waals surface area contributed by atoms with Crippen molar-refractivity contribution >= 4 is 17.3 Å². The van der Waals surface area contributed by atoms with Crippen LogP contribution in [-0.2, 0) is 0 Å². The molecule has 3 heterocycles. The monoisotopic (exact) mass is 406 g/mol. The van der Waals surface area contributed by atoms with Crippen molar-refractivity contribution < 1.29 is 4.74 Å². The van der Waals surface area contributed by atoms with E-state index in [9.17, 15) is 0 Å². The Labute approximate surface area is 177 Å². The molecule has 5 nitrogen and oxygen atoms in total. The summed E-state index contributed by atoms with van der Waals surface area (Å²) in [6, 6.07) is 18.4. The number of nitrogens with one attached hydrogen (secondary N) is 1. The molecule has 0 radical (unpaired) electrons. The first-order valence-electron chi connectivity index (χ1n) is 9.88. The number of benzene rings is 1. The quantitative estimate of drug-likeness (QED) is 0.610. The van der Waals surface area contributed by atoms with Gasteiger partial charge in [0, 0.05) is 36.4 Å². The Kier molecular flexibility index (Phi) is 5.53. The number of aromatic nitrogens is 2. The van der Waals surface area contributed by atoms with E-state index >= 15 is 0 Å².